The third kappa shape index (κ3) is 3.28. The van der Waals surface area contributed by atoms with Crippen LogP contribution in [0.4, 0.5) is 5.69 Å². The van der Waals surface area contributed by atoms with Crippen molar-refractivity contribution in [1.82, 2.24) is 15.3 Å². The van der Waals surface area contributed by atoms with Gasteiger partial charge in [0.15, 0.2) is 5.11 Å². The summed E-state index contributed by atoms with van der Waals surface area (Å²) in [6, 6.07) is 14.6. The standard InChI is InChI=1S/C21H21BrN4S/c1-12-10-15(7-8-17(12)22)26-20(16-11-13(2)24-14(16)3)19(25-21(26)27)18-6-4-5-9-23-18/h4-11,19-20,24H,1-3H3,(H,25,27)/t19-,20+/m0/s1. The molecule has 3 aromatic rings. The Morgan fingerprint density at radius 2 is 1.93 bits per heavy atom. The van der Waals surface area contributed by atoms with Crippen LogP contribution < -0.4 is 10.2 Å². The summed E-state index contributed by atoms with van der Waals surface area (Å²) >= 11 is 9.36. The molecule has 0 amide bonds. The van der Waals surface area contributed by atoms with E-state index in [1.165, 1.54) is 11.1 Å². The molecule has 0 spiro atoms. The van der Waals surface area contributed by atoms with Crippen LogP contribution in [0.1, 0.15) is 40.3 Å². The molecular formula is C21H21BrN4S. The Kier molecular flexibility index (Phi) is 4.78. The maximum Gasteiger partial charge on any atom is 0.174 e. The van der Waals surface area contributed by atoms with Crippen LogP contribution in [0.15, 0.2) is 53.1 Å². The second-order valence-corrected chi connectivity index (χ2v) is 8.20. The first-order chi connectivity index (χ1) is 13.0. The van der Waals surface area contributed by atoms with Gasteiger partial charge in [-0.25, -0.2) is 0 Å². The molecule has 0 bridgehead atoms. The molecule has 2 aromatic heterocycles. The third-order valence-electron chi connectivity index (χ3n) is 5.03. The third-order valence-corrected chi connectivity index (χ3v) is 6.23. The van der Waals surface area contributed by atoms with Crippen molar-refractivity contribution >= 4 is 38.9 Å². The topological polar surface area (TPSA) is 44.0 Å². The van der Waals surface area contributed by atoms with E-state index in [4.69, 9.17) is 12.2 Å². The van der Waals surface area contributed by atoms with E-state index in [0.29, 0.717) is 0 Å². The van der Waals surface area contributed by atoms with Crippen LogP contribution in [-0.4, -0.2) is 15.1 Å². The lowest BCUT2D eigenvalue weighted by Crippen LogP contribution is -2.29. The molecule has 2 N–H and O–H groups in total. The normalized spacial score (nSPS) is 19.4. The summed E-state index contributed by atoms with van der Waals surface area (Å²) in [5.74, 6) is 0. The monoisotopic (exact) mass is 440 g/mol. The van der Waals surface area contributed by atoms with Gasteiger partial charge in [0.1, 0.15) is 0 Å². The highest BCUT2D eigenvalue weighted by atomic mass is 79.9. The van der Waals surface area contributed by atoms with Crippen LogP contribution >= 0.6 is 28.1 Å². The van der Waals surface area contributed by atoms with Gasteiger partial charge in [0.2, 0.25) is 0 Å². The van der Waals surface area contributed by atoms with Gasteiger partial charge < -0.3 is 15.2 Å². The number of thiocarbonyl (C=S) groups is 1. The van der Waals surface area contributed by atoms with E-state index in [1.807, 2.05) is 18.3 Å². The molecule has 138 valence electrons. The number of halogens is 1. The van der Waals surface area contributed by atoms with Crippen LogP contribution in [0.3, 0.4) is 0 Å². The van der Waals surface area contributed by atoms with Crippen molar-refractivity contribution < 1.29 is 0 Å². The molecule has 4 rings (SSSR count). The molecule has 2 atom stereocenters. The Morgan fingerprint density at radius 1 is 1.11 bits per heavy atom. The van der Waals surface area contributed by atoms with Crippen molar-refractivity contribution in [3.63, 3.8) is 0 Å². The summed E-state index contributed by atoms with van der Waals surface area (Å²) in [5.41, 5.74) is 6.78. The number of anilines is 1. The number of nitrogens with one attached hydrogen (secondary N) is 2. The number of aromatic amines is 1. The fourth-order valence-electron chi connectivity index (χ4n) is 3.78. The molecule has 1 aliphatic rings. The fourth-order valence-corrected chi connectivity index (χ4v) is 4.37. The van der Waals surface area contributed by atoms with Gasteiger partial charge in [0, 0.05) is 27.7 Å². The van der Waals surface area contributed by atoms with Crippen LogP contribution in [-0.2, 0) is 0 Å². The fraction of sp³-hybridized carbons (Fsp3) is 0.238. The SMILES string of the molecule is Cc1cc([C@@H]2[C@H](c3ccccn3)NC(=S)N2c2ccc(Br)c(C)c2)c(C)[nH]1. The number of hydrogen-bond donors (Lipinski definition) is 2. The van der Waals surface area contributed by atoms with Gasteiger partial charge in [-0.05, 0) is 80.5 Å². The first-order valence-electron chi connectivity index (χ1n) is 8.88. The average molecular weight is 441 g/mol. The van der Waals surface area contributed by atoms with Crippen LogP contribution in [0.25, 0.3) is 0 Å². The van der Waals surface area contributed by atoms with E-state index in [9.17, 15) is 0 Å². The van der Waals surface area contributed by atoms with Crippen LogP contribution in [0, 0.1) is 20.8 Å². The van der Waals surface area contributed by atoms with Gasteiger partial charge in [-0.3, -0.25) is 4.98 Å². The quantitative estimate of drug-likeness (QED) is 0.544. The maximum absolute atomic E-state index is 5.77. The molecule has 0 unspecified atom stereocenters. The summed E-state index contributed by atoms with van der Waals surface area (Å²) in [6.45, 7) is 6.29. The highest BCUT2D eigenvalue weighted by Crippen LogP contribution is 2.43. The van der Waals surface area contributed by atoms with Gasteiger partial charge in [-0.2, -0.15) is 0 Å². The first kappa shape index (κ1) is 18.2. The minimum Gasteiger partial charge on any atom is -0.362 e. The smallest absolute Gasteiger partial charge is 0.174 e. The van der Waals surface area contributed by atoms with Gasteiger partial charge in [0.05, 0.1) is 17.8 Å². The second kappa shape index (κ2) is 7.09. The molecular weight excluding hydrogens is 420 g/mol. The van der Waals surface area contributed by atoms with Crippen molar-refractivity contribution in [2.45, 2.75) is 32.9 Å². The number of benzene rings is 1. The minimum absolute atomic E-state index is 0.0171. The van der Waals surface area contributed by atoms with Gasteiger partial charge in [0.25, 0.3) is 0 Å². The van der Waals surface area contributed by atoms with Crippen molar-refractivity contribution in [2.24, 2.45) is 0 Å². The van der Waals surface area contributed by atoms with E-state index in [-0.39, 0.29) is 12.1 Å². The zero-order valence-corrected chi connectivity index (χ0v) is 17.9. The predicted molar refractivity (Wildman–Crippen MR) is 117 cm³/mol. The largest absolute Gasteiger partial charge is 0.362 e. The van der Waals surface area contributed by atoms with Crippen molar-refractivity contribution in [3.05, 3.63) is 81.3 Å². The Labute approximate surface area is 173 Å². The van der Waals surface area contributed by atoms with Crippen molar-refractivity contribution in [3.8, 4) is 0 Å². The molecule has 1 fully saturated rings. The molecule has 0 aliphatic carbocycles. The number of nitrogens with zero attached hydrogens (tertiary/aromatic N) is 2. The van der Waals surface area contributed by atoms with E-state index in [0.717, 1.165) is 32.4 Å². The van der Waals surface area contributed by atoms with Gasteiger partial charge in [-0.1, -0.05) is 22.0 Å². The zero-order valence-electron chi connectivity index (χ0n) is 15.5. The summed E-state index contributed by atoms with van der Waals surface area (Å²) in [5, 5.41) is 4.23. The lowest BCUT2D eigenvalue weighted by molar-refractivity contribution is 0.566. The van der Waals surface area contributed by atoms with E-state index in [2.05, 4.69) is 87.2 Å². The Hall–Kier alpha value is -2.18. The Balaban J connectivity index is 1.87. The first-order valence-corrected chi connectivity index (χ1v) is 10.1. The number of rotatable bonds is 3. The summed E-state index contributed by atoms with van der Waals surface area (Å²) in [7, 11) is 0. The van der Waals surface area contributed by atoms with E-state index >= 15 is 0 Å². The summed E-state index contributed by atoms with van der Waals surface area (Å²) in [6.07, 6.45) is 1.83. The zero-order chi connectivity index (χ0) is 19.1. The van der Waals surface area contributed by atoms with Gasteiger partial charge in [-0.15, -0.1) is 0 Å². The lowest BCUT2D eigenvalue weighted by atomic mass is 9.96. The minimum atomic E-state index is -0.0171. The van der Waals surface area contributed by atoms with Crippen molar-refractivity contribution in [1.29, 1.82) is 0 Å². The number of pyridine rings is 1. The maximum atomic E-state index is 5.77. The Bertz CT molecular complexity index is 999. The highest BCUT2D eigenvalue weighted by molar-refractivity contribution is 9.10. The second-order valence-electron chi connectivity index (χ2n) is 6.96. The molecule has 1 saturated heterocycles. The summed E-state index contributed by atoms with van der Waals surface area (Å²) in [4.78, 5) is 10.3. The highest BCUT2D eigenvalue weighted by Gasteiger charge is 2.41. The molecule has 0 radical (unpaired) electrons. The van der Waals surface area contributed by atoms with E-state index in [1.54, 1.807) is 0 Å². The molecule has 3 heterocycles. The number of aryl methyl sites for hydroxylation is 3. The molecule has 27 heavy (non-hydrogen) atoms. The van der Waals surface area contributed by atoms with Crippen molar-refractivity contribution in [2.75, 3.05) is 4.90 Å². The molecule has 1 aromatic carbocycles. The predicted octanol–water partition coefficient (Wildman–Crippen LogP) is 5.27. The number of H-pyrrole nitrogens is 1. The van der Waals surface area contributed by atoms with Crippen LogP contribution in [0.5, 0.6) is 0 Å². The lowest BCUT2D eigenvalue weighted by Gasteiger charge is -2.28. The Morgan fingerprint density at radius 3 is 2.56 bits per heavy atom. The van der Waals surface area contributed by atoms with Crippen LogP contribution in [0.2, 0.25) is 0 Å². The van der Waals surface area contributed by atoms with E-state index < -0.39 is 0 Å². The molecule has 4 nitrogen and oxygen atoms in total. The molecule has 6 heteroatoms. The molecule has 0 saturated carbocycles. The molecule has 1 aliphatic heterocycles. The number of aromatic nitrogens is 2. The number of hydrogen-bond acceptors (Lipinski definition) is 2. The van der Waals surface area contributed by atoms with Gasteiger partial charge >= 0.3 is 0 Å². The summed E-state index contributed by atoms with van der Waals surface area (Å²) < 4.78 is 1.09. The average Bonchev–Trinajstić information content (AvgIpc) is 3.16.